The van der Waals surface area contributed by atoms with Crippen molar-refractivity contribution in [3.63, 3.8) is 0 Å². The fraction of sp³-hybridized carbons (Fsp3) is 0.200. The van der Waals surface area contributed by atoms with E-state index >= 15 is 0 Å². The average Bonchev–Trinajstić information content (AvgIpc) is 2.69. The van der Waals surface area contributed by atoms with E-state index in [4.69, 9.17) is 11.5 Å². The van der Waals surface area contributed by atoms with Crippen LogP contribution >= 0.6 is 0 Å². The monoisotopic (exact) mass is 346 g/mol. The van der Waals surface area contributed by atoms with Gasteiger partial charge in [-0.2, -0.15) is 4.98 Å². The Hall–Kier alpha value is -3.28. The van der Waals surface area contributed by atoms with Crippen molar-refractivity contribution in [1.29, 1.82) is 0 Å². The smallest absolute Gasteiger partial charge is 0.222 e. The Balaban J connectivity index is 1.48. The highest BCUT2D eigenvalue weighted by atomic mass is 15.3. The highest BCUT2D eigenvalue weighted by molar-refractivity contribution is 5.69. The molecule has 1 fully saturated rings. The van der Waals surface area contributed by atoms with E-state index in [0.29, 0.717) is 5.82 Å². The number of nitrogen functional groups attached to an aromatic ring is 2. The molecule has 1 aromatic heterocycles. The first-order chi connectivity index (χ1) is 12.7. The molecule has 0 spiro atoms. The van der Waals surface area contributed by atoms with Crippen molar-refractivity contribution < 1.29 is 0 Å². The predicted octanol–water partition coefficient (Wildman–Crippen LogP) is 2.63. The standard InChI is InChI=1S/C20H22N6/c21-19-18(14-23-20(22)24-19)26-11-9-25(10-12-26)17-8-4-7-16(13-17)15-5-2-1-3-6-15/h1-8,13-14H,9-12H2,(H4,21,22,23,24). The van der Waals surface area contributed by atoms with E-state index in [1.165, 1.54) is 16.8 Å². The van der Waals surface area contributed by atoms with Gasteiger partial charge in [0, 0.05) is 31.9 Å². The second kappa shape index (κ2) is 6.92. The number of nitrogens with two attached hydrogens (primary N) is 2. The van der Waals surface area contributed by atoms with Gasteiger partial charge >= 0.3 is 0 Å². The molecule has 1 aliphatic heterocycles. The summed E-state index contributed by atoms with van der Waals surface area (Å²) in [5.41, 5.74) is 16.2. The first-order valence-corrected chi connectivity index (χ1v) is 8.74. The van der Waals surface area contributed by atoms with Crippen molar-refractivity contribution in [3.8, 4) is 11.1 Å². The minimum atomic E-state index is 0.211. The molecule has 0 aliphatic carbocycles. The topological polar surface area (TPSA) is 84.3 Å². The Bertz CT molecular complexity index is 888. The van der Waals surface area contributed by atoms with Crippen molar-refractivity contribution in [2.45, 2.75) is 0 Å². The molecule has 0 saturated carbocycles. The lowest BCUT2D eigenvalue weighted by atomic mass is 10.0. The Morgan fingerprint density at radius 1 is 0.769 bits per heavy atom. The Morgan fingerprint density at radius 2 is 1.46 bits per heavy atom. The Morgan fingerprint density at radius 3 is 2.19 bits per heavy atom. The maximum atomic E-state index is 6.00. The number of aromatic nitrogens is 2. The van der Waals surface area contributed by atoms with Gasteiger partial charge in [0.05, 0.1) is 11.9 Å². The van der Waals surface area contributed by atoms with Crippen LogP contribution in [0, 0.1) is 0 Å². The maximum Gasteiger partial charge on any atom is 0.222 e. The van der Waals surface area contributed by atoms with Gasteiger partial charge in [-0.15, -0.1) is 0 Å². The van der Waals surface area contributed by atoms with Crippen molar-refractivity contribution in [1.82, 2.24) is 9.97 Å². The van der Waals surface area contributed by atoms with Crippen molar-refractivity contribution in [2.24, 2.45) is 0 Å². The molecular weight excluding hydrogens is 324 g/mol. The summed E-state index contributed by atoms with van der Waals surface area (Å²) in [7, 11) is 0. The number of hydrogen-bond acceptors (Lipinski definition) is 6. The van der Waals surface area contributed by atoms with Crippen LogP contribution in [0.15, 0.2) is 60.8 Å². The van der Waals surface area contributed by atoms with Gasteiger partial charge in [0.1, 0.15) is 0 Å². The van der Waals surface area contributed by atoms with Crippen LogP contribution < -0.4 is 21.3 Å². The van der Waals surface area contributed by atoms with E-state index in [0.717, 1.165) is 31.9 Å². The fourth-order valence-electron chi connectivity index (χ4n) is 3.36. The van der Waals surface area contributed by atoms with Crippen LogP contribution in [-0.4, -0.2) is 36.1 Å². The van der Waals surface area contributed by atoms with Crippen LogP contribution in [-0.2, 0) is 0 Å². The number of nitrogens with zero attached hydrogens (tertiary/aromatic N) is 4. The second-order valence-corrected chi connectivity index (χ2v) is 6.39. The molecule has 4 rings (SSSR count). The zero-order valence-corrected chi connectivity index (χ0v) is 14.5. The van der Waals surface area contributed by atoms with Crippen LogP contribution in [0.4, 0.5) is 23.1 Å². The van der Waals surface area contributed by atoms with E-state index in [-0.39, 0.29) is 5.95 Å². The van der Waals surface area contributed by atoms with Crippen molar-refractivity contribution >= 4 is 23.1 Å². The number of rotatable bonds is 3. The molecule has 6 nitrogen and oxygen atoms in total. The zero-order valence-electron chi connectivity index (χ0n) is 14.5. The first kappa shape index (κ1) is 16.2. The molecule has 0 atom stereocenters. The van der Waals surface area contributed by atoms with Crippen LogP contribution in [0.5, 0.6) is 0 Å². The molecule has 1 aliphatic rings. The lowest BCUT2D eigenvalue weighted by molar-refractivity contribution is 0.652. The lowest BCUT2D eigenvalue weighted by Crippen LogP contribution is -2.46. The summed E-state index contributed by atoms with van der Waals surface area (Å²) >= 11 is 0. The summed E-state index contributed by atoms with van der Waals surface area (Å²) in [6, 6.07) is 19.2. The molecule has 4 N–H and O–H groups in total. The minimum absolute atomic E-state index is 0.211. The number of benzene rings is 2. The van der Waals surface area contributed by atoms with Crippen molar-refractivity contribution in [2.75, 3.05) is 47.4 Å². The van der Waals surface area contributed by atoms with Crippen LogP contribution in [0.1, 0.15) is 0 Å². The van der Waals surface area contributed by atoms with E-state index in [2.05, 4.69) is 68.3 Å². The summed E-state index contributed by atoms with van der Waals surface area (Å²) in [4.78, 5) is 12.7. The summed E-state index contributed by atoms with van der Waals surface area (Å²) < 4.78 is 0. The Labute approximate surface area is 153 Å². The molecule has 132 valence electrons. The third kappa shape index (κ3) is 3.26. The molecule has 0 bridgehead atoms. The molecule has 26 heavy (non-hydrogen) atoms. The SMILES string of the molecule is Nc1ncc(N2CCN(c3cccc(-c4ccccc4)c3)CC2)c(N)n1. The summed E-state index contributed by atoms with van der Waals surface area (Å²) in [6.45, 7) is 3.57. The van der Waals surface area contributed by atoms with Crippen LogP contribution in [0.25, 0.3) is 11.1 Å². The minimum Gasteiger partial charge on any atom is -0.382 e. The number of anilines is 4. The maximum absolute atomic E-state index is 6.00. The predicted molar refractivity (Wildman–Crippen MR) is 107 cm³/mol. The first-order valence-electron chi connectivity index (χ1n) is 8.74. The van der Waals surface area contributed by atoms with Crippen molar-refractivity contribution in [3.05, 3.63) is 60.8 Å². The van der Waals surface area contributed by atoms with Gasteiger partial charge in [-0.1, -0.05) is 42.5 Å². The van der Waals surface area contributed by atoms with Gasteiger partial charge in [0.15, 0.2) is 5.82 Å². The van der Waals surface area contributed by atoms with E-state index in [1.807, 2.05) is 6.07 Å². The third-order valence-electron chi connectivity index (χ3n) is 4.76. The third-order valence-corrected chi connectivity index (χ3v) is 4.76. The van der Waals surface area contributed by atoms with Gasteiger partial charge in [0.25, 0.3) is 0 Å². The van der Waals surface area contributed by atoms with Gasteiger partial charge in [-0.25, -0.2) is 4.98 Å². The molecule has 6 heteroatoms. The normalized spacial score (nSPS) is 14.5. The quantitative estimate of drug-likeness (QED) is 0.758. The fourth-order valence-corrected chi connectivity index (χ4v) is 3.36. The van der Waals surface area contributed by atoms with Gasteiger partial charge in [-0.05, 0) is 23.3 Å². The molecule has 0 amide bonds. The summed E-state index contributed by atoms with van der Waals surface area (Å²) in [5, 5.41) is 0. The summed E-state index contributed by atoms with van der Waals surface area (Å²) in [6.07, 6.45) is 1.71. The zero-order chi connectivity index (χ0) is 17.9. The number of piperazine rings is 1. The van der Waals surface area contributed by atoms with Gasteiger partial charge in [-0.3, -0.25) is 0 Å². The van der Waals surface area contributed by atoms with Gasteiger partial charge in [0.2, 0.25) is 5.95 Å². The van der Waals surface area contributed by atoms with E-state index in [9.17, 15) is 0 Å². The lowest BCUT2D eigenvalue weighted by Gasteiger charge is -2.37. The highest BCUT2D eigenvalue weighted by Crippen LogP contribution is 2.27. The van der Waals surface area contributed by atoms with E-state index in [1.54, 1.807) is 6.20 Å². The molecule has 1 saturated heterocycles. The largest absolute Gasteiger partial charge is 0.382 e. The second-order valence-electron chi connectivity index (χ2n) is 6.39. The molecule has 2 aromatic carbocycles. The molecule has 0 unspecified atom stereocenters. The molecule has 2 heterocycles. The molecule has 3 aromatic rings. The van der Waals surface area contributed by atoms with Gasteiger partial charge < -0.3 is 21.3 Å². The number of hydrogen-bond donors (Lipinski definition) is 2. The molecular formula is C20H22N6. The Kier molecular flexibility index (Phi) is 4.31. The van der Waals surface area contributed by atoms with Crippen LogP contribution in [0.3, 0.4) is 0 Å². The average molecular weight is 346 g/mol. The highest BCUT2D eigenvalue weighted by Gasteiger charge is 2.20. The summed E-state index contributed by atoms with van der Waals surface area (Å²) in [5.74, 6) is 0.652. The van der Waals surface area contributed by atoms with Crippen LogP contribution in [0.2, 0.25) is 0 Å². The van der Waals surface area contributed by atoms with E-state index < -0.39 is 0 Å². The molecule has 0 radical (unpaired) electrons.